The number of rotatable bonds is 6. The highest BCUT2D eigenvalue weighted by atomic mass is 16.5. The zero-order valence-corrected chi connectivity index (χ0v) is 6.55. The minimum absolute atomic E-state index is 0.177. The van der Waals surface area contributed by atoms with Crippen molar-refractivity contribution >= 4 is 0 Å². The highest BCUT2D eigenvalue weighted by Gasteiger charge is 1.93. The average Bonchev–Trinajstić information content (AvgIpc) is 1.87. The summed E-state index contributed by atoms with van der Waals surface area (Å²) in [5.74, 6) is 0. The molecule has 0 radical (unpaired) electrons. The van der Waals surface area contributed by atoms with E-state index in [0.717, 1.165) is 25.9 Å². The lowest BCUT2D eigenvalue weighted by Gasteiger charge is -2.02. The smallest absolute Gasteiger partial charge is 0.0873 e. The van der Waals surface area contributed by atoms with Crippen LogP contribution in [0.2, 0.25) is 0 Å². The summed E-state index contributed by atoms with van der Waals surface area (Å²) < 4.78 is 4.90. The van der Waals surface area contributed by atoms with Gasteiger partial charge in [0, 0.05) is 0 Å². The molecule has 0 rings (SSSR count). The standard InChI is InChI=1S/C8H16O2/c1-3-10-7-5-4-6-8(2)9/h3,8-9H,1,4-7H2,2H3. The maximum absolute atomic E-state index is 8.85. The highest BCUT2D eigenvalue weighted by Crippen LogP contribution is 1.99. The molecule has 0 heterocycles. The number of hydrogen-bond acceptors (Lipinski definition) is 2. The Morgan fingerprint density at radius 1 is 1.60 bits per heavy atom. The molecule has 2 heteroatoms. The number of hydrogen-bond donors (Lipinski definition) is 1. The van der Waals surface area contributed by atoms with E-state index in [1.807, 2.05) is 0 Å². The minimum atomic E-state index is -0.177. The van der Waals surface area contributed by atoms with Crippen molar-refractivity contribution in [2.75, 3.05) is 6.61 Å². The van der Waals surface area contributed by atoms with E-state index in [1.165, 1.54) is 6.26 Å². The van der Waals surface area contributed by atoms with Gasteiger partial charge in [-0.15, -0.1) is 0 Å². The maximum Gasteiger partial charge on any atom is 0.0873 e. The summed E-state index contributed by atoms with van der Waals surface area (Å²) in [4.78, 5) is 0. The van der Waals surface area contributed by atoms with Crippen LogP contribution in [0, 0.1) is 0 Å². The molecule has 0 aromatic carbocycles. The molecule has 0 aliphatic carbocycles. The van der Waals surface area contributed by atoms with E-state index >= 15 is 0 Å². The number of ether oxygens (including phenoxy) is 1. The Bertz CT molecular complexity index is 79.3. The molecule has 2 nitrogen and oxygen atoms in total. The van der Waals surface area contributed by atoms with Crippen LogP contribution in [0.25, 0.3) is 0 Å². The second kappa shape index (κ2) is 6.62. The van der Waals surface area contributed by atoms with Gasteiger partial charge >= 0.3 is 0 Å². The van der Waals surface area contributed by atoms with Gasteiger partial charge < -0.3 is 9.84 Å². The minimum Gasteiger partial charge on any atom is -0.502 e. The Balaban J connectivity index is 2.83. The molecular formula is C8H16O2. The maximum atomic E-state index is 8.85. The van der Waals surface area contributed by atoms with Crippen molar-refractivity contribution in [2.45, 2.75) is 32.3 Å². The predicted octanol–water partition coefficient (Wildman–Crippen LogP) is 1.70. The third kappa shape index (κ3) is 7.50. The Labute approximate surface area is 62.5 Å². The molecule has 0 saturated heterocycles. The molecule has 0 aliphatic heterocycles. The van der Waals surface area contributed by atoms with Crippen molar-refractivity contribution in [3.05, 3.63) is 12.8 Å². The van der Waals surface area contributed by atoms with E-state index in [0.29, 0.717) is 0 Å². The summed E-state index contributed by atoms with van der Waals surface area (Å²) in [6.07, 6.45) is 4.15. The van der Waals surface area contributed by atoms with E-state index in [9.17, 15) is 0 Å². The first-order chi connectivity index (χ1) is 4.77. The van der Waals surface area contributed by atoms with Crippen LogP contribution in [0.4, 0.5) is 0 Å². The fourth-order valence-electron chi connectivity index (χ4n) is 0.708. The Morgan fingerprint density at radius 2 is 2.30 bits per heavy atom. The molecule has 1 N–H and O–H groups in total. The van der Waals surface area contributed by atoms with Gasteiger partial charge in [0.05, 0.1) is 19.0 Å². The highest BCUT2D eigenvalue weighted by molar-refractivity contribution is 4.51. The van der Waals surface area contributed by atoms with E-state index in [2.05, 4.69) is 6.58 Å². The van der Waals surface area contributed by atoms with Gasteiger partial charge in [0.1, 0.15) is 0 Å². The molecule has 10 heavy (non-hydrogen) atoms. The second-order valence-electron chi connectivity index (χ2n) is 2.38. The van der Waals surface area contributed by atoms with Gasteiger partial charge in [-0.05, 0) is 26.2 Å². The molecule has 0 bridgehead atoms. The van der Waals surface area contributed by atoms with Crippen LogP contribution in [0.3, 0.4) is 0 Å². The first-order valence-electron chi connectivity index (χ1n) is 3.68. The van der Waals surface area contributed by atoms with Gasteiger partial charge in [0.25, 0.3) is 0 Å². The van der Waals surface area contributed by atoms with E-state index in [-0.39, 0.29) is 6.10 Å². The summed E-state index contributed by atoms with van der Waals surface area (Å²) in [5, 5.41) is 8.85. The van der Waals surface area contributed by atoms with Crippen LogP contribution in [-0.4, -0.2) is 17.8 Å². The lowest BCUT2D eigenvalue weighted by atomic mass is 10.2. The van der Waals surface area contributed by atoms with Gasteiger partial charge in [0.15, 0.2) is 0 Å². The Morgan fingerprint density at radius 3 is 2.80 bits per heavy atom. The van der Waals surface area contributed by atoms with Gasteiger partial charge in [-0.1, -0.05) is 6.58 Å². The summed E-state index contributed by atoms with van der Waals surface area (Å²) in [5.41, 5.74) is 0. The van der Waals surface area contributed by atoms with Crippen molar-refractivity contribution in [1.82, 2.24) is 0 Å². The molecule has 0 aromatic rings. The summed E-state index contributed by atoms with van der Waals surface area (Å²) in [6, 6.07) is 0. The van der Waals surface area contributed by atoms with Crippen LogP contribution in [0.15, 0.2) is 12.8 Å². The summed E-state index contributed by atoms with van der Waals surface area (Å²) >= 11 is 0. The van der Waals surface area contributed by atoms with Crippen molar-refractivity contribution in [3.8, 4) is 0 Å². The molecule has 1 unspecified atom stereocenters. The summed E-state index contributed by atoms with van der Waals surface area (Å²) in [7, 11) is 0. The molecule has 0 fully saturated rings. The molecule has 0 spiro atoms. The molecule has 0 aromatic heterocycles. The van der Waals surface area contributed by atoms with Gasteiger partial charge in [-0.2, -0.15) is 0 Å². The molecular weight excluding hydrogens is 128 g/mol. The Kier molecular flexibility index (Phi) is 6.29. The molecule has 60 valence electrons. The molecule has 0 aliphatic rings. The summed E-state index contributed by atoms with van der Waals surface area (Å²) in [6.45, 7) is 5.94. The lowest BCUT2D eigenvalue weighted by Crippen LogP contribution is -1.99. The number of aliphatic hydroxyl groups is 1. The third-order valence-electron chi connectivity index (χ3n) is 1.25. The fourth-order valence-corrected chi connectivity index (χ4v) is 0.708. The van der Waals surface area contributed by atoms with Crippen molar-refractivity contribution in [3.63, 3.8) is 0 Å². The monoisotopic (exact) mass is 144 g/mol. The first kappa shape index (κ1) is 9.50. The normalized spacial score (nSPS) is 12.6. The predicted molar refractivity (Wildman–Crippen MR) is 41.7 cm³/mol. The number of aliphatic hydroxyl groups excluding tert-OH is 1. The zero-order chi connectivity index (χ0) is 7.82. The van der Waals surface area contributed by atoms with E-state index in [1.54, 1.807) is 6.92 Å². The molecule has 0 saturated carbocycles. The van der Waals surface area contributed by atoms with Crippen LogP contribution in [0.5, 0.6) is 0 Å². The first-order valence-corrected chi connectivity index (χ1v) is 3.68. The average molecular weight is 144 g/mol. The van der Waals surface area contributed by atoms with E-state index < -0.39 is 0 Å². The SMILES string of the molecule is C=COCCCCC(C)O. The van der Waals surface area contributed by atoms with Crippen LogP contribution < -0.4 is 0 Å². The molecule has 0 amide bonds. The van der Waals surface area contributed by atoms with Crippen LogP contribution in [-0.2, 0) is 4.74 Å². The van der Waals surface area contributed by atoms with E-state index in [4.69, 9.17) is 9.84 Å². The van der Waals surface area contributed by atoms with Crippen molar-refractivity contribution in [2.24, 2.45) is 0 Å². The second-order valence-corrected chi connectivity index (χ2v) is 2.38. The Hall–Kier alpha value is -0.500. The van der Waals surface area contributed by atoms with Crippen molar-refractivity contribution < 1.29 is 9.84 Å². The number of unbranched alkanes of at least 4 members (excludes halogenated alkanes) is 1. The molecule has 1 atom stereocenters. The zero-order valence-electron chi connectivity index (χ0n) is 6.55. The largest absolute Gasteiger partial charge is 0.502 e. The van der Waals surface area contributed by atoms with Crippen LogP contribution in [0.1, 0.15) is 26.2 Å². The van der Waals surface area contributed by atoms with Gasteiger partial charge in [-0.3, -0.25) is 0 Å². The third-order valence-corrected chi connectivity index (χ3v) is 1.25. The topological polar surface area (TPSA) is 29.5 Å². The van der Waals surface area contributed by atoms with Gasteiger partial charge in [-0.25, -0.2) is 0 Å². The quantitative estimate of drug-likeness (QED) is 0.454. The van der Waals surface area contributed by atoms with Gasteiger partial charge in [0.2, 0.25) is 0 Å². The van der Waals surface area contributed by atoms with Crippen molar-refractivity contribution in [1.29, 1.82) is 0 Å². The lowest BCUT2D eigenvalue weighted by molar-refractivity contribution is 0.173. The fraction of sp³-hybridized carbons (Fsp3) is 0.750. The van der Waals surface area contributed by atoms with Crippen LogP contribution >= 0.6 is 0 Å².